The van der Waals surface area contributed by atoms with E-state index in [0.29, 0.717) is 5.92 Å². The lowest BCUT2D eigenvalue weighted by atomic mass is 9.94. The van der Waals surface area contributed by atoms with Crippen molar-refractivity contribution in [2.75, 3.05) is 0 Å². The van der Waals surface area contributed by atoms with E-state index < -0.39 is 0 Å². The summed E-state index contributed by atoms with van der Waals surface area (Å²) in [6.45, 7) is 7.76. The standard InChI is InChI=1S/C17H21BrN2/c1-11(2)13-8-7-12(3)14(10-13)16-15-6-4-5-9-20(15)17(18)19-16/h7-8,10-11H,4-6,9H2,1-3H3. The number of aryl methyl sites for hydroxylation is 1. The van der Waals surface area contributed by atoms with E-state index >= 15 is 0 Å². The number of hydrogen-bond donors (Lipinski definition) is 0. The van der Waals surface area contributed by atoms with Gasteiger partial charge >= 0.3 is 0 Å². The van der Waals surface area contributed by atoms with Crippen molar-refractivity contribution in [1.29, 1.82) is 0 Å². The summed E-state index contributed by atoms with van der Waals surface area (Å²) in [5.74, 6) is 0.552. The van der Waals surface area contributed by atoms with E-state index in [1.807, 2.05) is 0 Å². The molecule has 2 nitrogen and oxygen atoms in total. The van der Waals surface area contributed by atoms with Gasteiger partial charge in [-0.2, -0.15) is 0 Å². The molecule has 0 amide bonds. The first-order valence-electron chi connectivity index (χ1n) is 7.43. The molecule has 1 aromatic heterocycles. The van der Waals surface area contributed by atoms with Gasteiger partial charge in [0.1, 0.15) is 0 Å². The molecule has 0 bridgehead atoms. The van der Waals surface area contributed by atoms with Gasteiger partial charge in [-0.3, -0.25) is 0 Å². The van der Waals surface area contributed by atoms with Gasteiger partial charge in [0.05, 0.1) is 5.69 Å². The predicted octanol–water partition coefficient (Wildman–Crippen LogP) is 5.08. The maximum absolute atomic E-state index is 4.80. The molecule has 0 N–H and O–H groups in total. The molecule has 20 heavy (non-hydrogen) atoms. The minimum absolute atomic E-state index is 0.552. The lowest BCUT2D eigenvalue weighted by Gasteiger charge is -2.17. The molecule has 106 valence electrons. The summed E-state index contributed by atoms with van der Waals surface area (Å²) in [5, 5.41) is 0. The van der Waals surface area contributed by atoms with Gasteiger partial charge in [-0.1, -0.05) is 26.0 Å². The molecule has 1 aliphatic heterocycles. The Hall–Kier alpha value is -1.09. The van der Waals surface area contributed by atoms with Crippen LogP contribution < -0.4 is 0 Å². The molecular weight excluding hydrogens is 312 g/mol. The van der Waals surface area contributed by atoms with Gasteiger partial charge in [0, 0.05) is 17.8 Å². The first kappa shape index (κ1) is 13.9. The number of benzene rings is 1. The molecule has 1 aromatic carbocycles. The molecule has 2 heterocycles. The van der Waals surface area contributed by atoms with Crippen LogP contribution in [0.4, 0.5) is 0 Å². The van der Waals surface area contributed by atoms with Gasteiger partial charge in [0.15, 0.2) is 4.73 Å². The third-order valence-electron chi connectivity index (χ3n) is 4.25. The van der Waals surface area contributed by atoms with Gasteiger partial charge in [-0.15, -0.1) is 0 Å². The van der Waals surface area contributed by atoms with Crippen molar-refractivity contribution in [3.05, 3.63) is 39.8 Å². The number of fused-ring (bicyclic) bond motifs is 1. The molecule has 0 aliphatic carbocycles. The predicted molar refractivity (Wildman–Crippen MR) is 87.1 cm³/mol. The highest BCUT2D eigenvalue weighted by atomic mass is 79.9. The Morgan fingerprint density at radius 2 is 2.05 bits per heavy atom. The topological polar surface area (TPSA) is 17.8 Å². The maximum Gasteiger partial charge on any atom is 0.177 e. The summed E-state index contributed by atoms with van der Waals surface area (Å²) in [5.41, 5.74) is 6.57. The summed E-state index contributed by atoms with van der Waals surface area (Å²) in [6, 6.07) is 6.79. The first-order valence-corrected chi connectivity index (χ1v) is 8.23. The average Bonchev–Trinajstić information content (AvgIpc) is 2.77. The van der Waals surface area contributed by atoms with Gasteiger partial charge in [-0.05, 0) is 65.2 Å². The Labute approximate surface area is 129 Å². The van der Waals surface area contributed by atoms with Crippen molar-refractivity contribution >= 4 is 15.9 Å². The van der Waals surface area contributed by atoms with Crippen LogP contribution >= 0.6 is 15.9 Å². The van der Waals surface area contributed by atoms with E-state index in [1.54, 1.807) is 0 Å². The highest BCUT2D eigenvalue weighted by Crippen LogP contribution is 2.34. The number of halogens is 1. The molecule has 3 heteroatoms. The van der Waals surface area contributed by atoms with Gasteiger partial charge < -0.3 is 4.57 Å². The Bertz CT molecular complexity index is 641. The Morgan fingerprint density at radius 1 is 1.25 bits per heavy atom. The molecule has 3 rings (SSSR count). The van der Waals surface area contributed by atoms with Crippen molar-refractivity contribution in [2.45, 2.75) is 52.5 Å². The second kappa shape index (κ2) is 5.36. The monoisotopic (exact) mass is 332 g/mol. The van der Waals surface area contributed by atoms with E-state index in [2.05, 4.69) is 59.5 Å². The minimum Gasteiger partial charge on any atom is -0.322 e. The van der Waals surface area contributed by atoms with Crippen molar-refractivity contribution in [3.8, 4) is 11.3 Å². The largest absolute Gasteiger partial charge is 0.322 e. The fourth-order valence-electron chi connectivity index (χ4n) is 2.97. The molecule has 0 atom stereocenters. The number of rotatable bonds is 2. The van der Waals surface area contributed by atoms with Crippen molar-refractivity contribution in [2.24, 2.45) is 0 Å². The van der Waals surface area contributed by atoms with Crippen molar-refractivity contribution in [1.82, 2.24) is 9.55 Å². The number of aromatic nitrogens is 2. The zero-order valence-corrected chi connectivity index (χ0v) is 14.0. The number of imidazole rings is 1. The second-order valence-corrected chi connectivity index (χ2v) is 6.72. The Morgan fingerprint density at radius 3 is 2.80 bits per heavy atom. The van der Waals surface area contributed by atoms with Gasteiger partial charge in [-0.25, -0.2) is 4.98 Å². The zero-order chi connectivity index (χ0) is 14.3. The quantitative estimate of drug-likeness (QED) is 0.749. The van der Waals surface area contributed by atoms with E-state index in [1.165, 1.54) is 40.9 Å². The third-order valence-corrected chi connectivity index (χ3v) is 4.86. The average molecular weight is 333 g/mol. The van der Waals surface area contributed by atoms with Crippen LogP contribution in [-0.2, 0) is 13.0 Å². The van der Waals surface area contributed by atoms with Crippen LogP contribution in [0.2, 0.25) is 0 Å². The molecule has 0 radical (unpaired) electrons. The SMILES string of the molecule is Cc1ccc(C(C)C)cc1-c1nc(Br)n2c1CCCC2. The van der Waals surface area contributed by atoms with E-state index in [0.717, 1.165) is 17.7 Å². The summed E-state index contributed by atoms with van der Waals surface area (Å²) in [6.07, 6.45) is 3.67. The van der Waals surface area contributed by atoms with Crippen LogP contribution in [0, 0.1) is 6.92 Å². The molecule has 0 fully saturated rings. The fourth-order valence-corrected chi connectivity index (χ4v) is 3.54. The minimum atomic E-state index is 0.552. The summed E-state index contributed by atoms with van der Waals surface area (Å²) in [7, 11) is 0. The summed E-state index contributed by atoms with van der Waals surface area (Å²) in [4.78, 5) is 4.80. The fraction of sp³-hybridized carbons (Fsp3) is 0.471. The second-order valence-electron chi connectivity index (χ2n) is 6.01. The first-order chi connectivity index (χ1) is 9.58. The number of hydrogen-bond acceptors (Lipinski definition) is 1. The molecular formula is C17H21BrN2. The van der Waals surface area contributed by atoms with E-state index in [-0.39, 0.29) is 0 Å². The number of nitrogens with zero attached hydrogens (tertiary/aromatic N) is 2. The van der Waals surface area contributed by atoms with Gasteiger partial charge in [0.25, 0.3) is 0 Å². The van der Waals surface area contributed by atoms with Crippen LogP contribution in [0.25, 0.3) is 11.3 Å². The molecule has 0 saturated heterocycles. The van der Waals surface area contributed by atoms with Crippen molar-refractivity contribution in [3.63, 3.8) is 0 Å². The normalized spacial score (nSPS) is 14.7. The highest BCUT2D eigenvalue weighted by Gasteiger charge is 2.21. The van der Waals surface area contributed by atoms with E-state index in [4.69, 9.17) is 4.98 Å². The Balaban J connectivity index is 2.16. The molecule has 0 spiro atoms. The summed E-state index contributed by atoms with van der Waals surface area (Å²) >= 11 is 3.62. The van der Waals surface area contributed by atoms with Crippen LogP contribution in [0.15, 0.2) is 22.9 Å². The van der Waals surface area contributed by atoms with Crippen LogP contribution in [0.5, 0.6) is 0 Å². The smallest absolute Gasteiger partial charge is 0.177 e. The summed E-state index contributed by atoms with van der Waals surface area (Å²) < 4.78 is 3.32. The van der Waals surface area contributed by atoms with Crippen LogP contribution in [-0.4, -0.2) is 9.55 Å². The van der Waals surface area contributed by atoms with Crippen LogP contribution in [0.1, 0.15) is 49.4 Å². The lowest BCUT2D eigenvalue weighted by Crippen LogP contribution is -2.10. The van der Waals surface area contributed by atoms with Gasteiger partial charge in [0.2, 0.25) is 0 Å². The zero-order valence-electron chi connectivity index (χ0n) is 12.4. The third kappa shape index (κ3) is 2.32. The highest BCUT2D eigenvalue weighted by molar-refractivity contribution is 9.10. The molecule has 0 unspecified atom stereocenters. The van der Waals surface area contributed by atoms with E-state index in [9.17, 15) is 0 Å². The Kier molecular flexibility index (Phi) is 3.72. The maximum atomic E-state index is 4.80. The molecule has 1 aliphatic rings. The molecule has 2 aromatic rings. The van der Waals surface area contributed by atoms with Crippen molar-refractivity contribution < 1.29 is 0 Å². The van der Waals surface area contributed by atoms with Crippen LogP contribution in [0.3, 0.4) is 0 Å². The lowest BCUT2D eigenvalue weighted by molar-refractivity contribution is 0.525. The molecule has 0 saturated carbocycles.